The van der Waals surface area contributed by atoms with Crippen LogP contribution in [0.2, 0.25) is 0 Å². The molecule has 0 bridgehead atoms. The fourth-order valence-corrected chi connectivity index (χ4v) is 3.24. The molecule has 1 aliphatic rings. The highest BCUT2D eigenvalue weighted by Crippen LogP contribution is 2.38. The van der Waals surface area contributed by atoms with Crippen LogP contribution in [0.1, 0.15) is 38.0 Å². The molecule has 0 aromatic carbocycles. The van der Waals surface area contributed by atoms with Crippen molar-refractivity contribution < 1.29 is 0 Å². The van der Waals surface area contributed by atoms with Crippen molar-refractivity contribution in [3.05, 3.63) is 17.1 Å². The molecule has 78 valence electrons. The molecule has 2 rings (SSSR count). The van der Waals surface area contributed by atoms with Crippen molar-refractivity contribution in [1.29, 1.82) is 0 Å². The zero-order chi connectivity index (χ0) is 10.0. The summed E-state index contributed by atoms with van der Waals surface area (Å²) in [5, 5.41) is 3.67. The molecule has 1 aromatic heterocycles. The largest absolute Gasteiger partial charge is 0.307 e. The van der Waals surface area contributed by atoms with Crippen LogP contribution in [0.25, 0.3) is 0 Å². The topological polar surface area (TPSA) is 24.9 Å². The number of hydrogen-bond donors (Lipinski definition) is 1. The Morgan fingerprint density at radius 1 is 1.64 bits per heavy atom. The summed E-state index contributed by atoms with van der Waals surface area (Å²) in [6, 6.07) is 2.17. The SMILES string of the molecule is CC(C)CC1(c2ccns2)CCCN1. The average Bonchev–Trinajstić information content (AvgIpc) is 2.69. The van der Waals surface area contributed by atoms with E-state index in [2.05, 4.69) is 29.6 Å². The first-order valence-corrected chi connectivity index (χ1v) is 6.16. The van der Waals surface area contributed by atoms with Gasteiger partial charge in [0.2, 0.25) is 0 Å². The van der Waals surface area contributed by atoms with Crippen LogP contribution in [0, 0.1) is 5.92 Å². The Morgan fingerprint density at radius 3 is 3.00 bits per heavy atom. The molecular weight excluding hydrogens is 192 g/mol. The van der Waals surface area contributed by atoms with E-state index in [4.69, 9.17) is 0 Å². The van der Waals surface area contributed by atoms with Gasteiger partial charge in [0, 0.05) is 11.1 Å². The Morgan fingerprint density at radius 2 is 2.50 bits per heavy atom. The van der Waals surface area contributed by atoms with E-state index in [0.717, 1.165) is 12.5 Å². The van der Waals surface area contributed by atoms with Gasteiger partial charge in [0.1, 0.15) is 0 Å². The fourth-order valence-electron chi connectivity index (χ4n) is 2.45. The fraction of sp³-hybridized carbons (Fsp3) is 0.727. The maximum absolute atomic E-state index is 4.22. The second-order valence-corrected chi connectivity index (χ2v) is 5.42. The lowest BCUT2D eigenvalue weighted by Gasteiger charge is -2.29. The Labute approximate surface area is 89.9 Å². The summed E-state index contributed by atoms with van der Waals surface area (Å²) in [6.45, 7) is 5.75. The van der Waals surface area contributed by atoms with Crippen molar-refractivity contribution in [2.24, 2.45) is 5.92 Å². The van der Waals surface area contributed by atoms with Gasteiger partial charge in [-0.2, -0.15) is 0 Å². The molecule has 0 aliphatic carbocycles. The highest BCUT2D eigenvalue weighted by atomic mass is 32.1. The van der Waals surface area contributed by atoms with E-state index in [1.54, 1.807) is 11.5 Å². The Kier molecular flexibility index (Phi) is 2.88. The minimum absolute atomic E-state index is 0.245. The van der Waals surface area contributed by atoms with Gasteiger partial charge in [-0.3, -0.25) is 0 Å². The third kappa shape index (κ3) is 1.84. The van der Waals surface area contributed by atoms with Gasteiger partial charge in [0.15, 0.2) is 0 Å². The molecule has 2 nitrogen and oxygen atoms in total. The summed E-state index contributed by atoms with van der Waals surface area (Å²) in [6.07, 6.45) is 5.72. The predicted octanol–water partition coefficient (Wildman–Crippen LogP) is 2.77. The van der Waals surface area contributed by atoms with Crippen molar-refractivity contribution >= 4 is 11.5 Å². The van der Waals surface area contributed by atoms with Crippen LogP contribution in [-0.4, -0.2) is 10.9 Å². The van der Waals surface area contributed by atoms with Gasteiger partial charge in [0.25, 0.3) is 0 Å². The normalized spacial score (nSPS) is 27.4. The molecule has 2 heterocycles. The zero-order valence-electron chi connectivity index (χ0n) is 8.92. The number of nitrogens with zero attached hydrogens (tertiary/aromatic N) is 1. The van der Waals surface area contributed by atoms with Crippen molar-refractivity contribution in [3.8, 4) is 0 Å². The van der Waals surface area contributed by atoms with E-state index in [0.29, 0.717) is 0 Å². The molecule has 0 spiro atoms. The first-order valence-electron chi connectivity index (χ1n) is 5.39. The highest BCUT2D eigenvalue weighted by Gasteiger charge is 2.36. The molecule has 0 saturated carbocycles. The van der Waals surface area contributed by atoms with Crippen LogP contribution in [0.15, 0.2) is 12.3 Å². The molecule has 1 aromatic rings. The molecule has 1 saturated heterocycles. The number of aromatic nitrogens is 1. The first kappa shape index (κ1) is 10.1. The maximum Gasteiger partial charge on any atom is 0.0547 e. The zero-order valence-corrected chi connectivity index (χ0v) is 9.73. The molecule has 3 heteroatoms. The predicted molar refractivity (Wildman–Crippen MR) is 60.5 cm³/mol. The lowest BCUT2D eigenvalue weighted by Crippen LogP contribution is -2.37. The van der Waals surface area contributed by atoms with Gasteiger partial charge in [-0.05, 0) is 49.3 Å². The number of rotatable bonds is 3. The molecule has 1 unspecified atom stereocenters. The summed E-state index contributed by atoms with van der Waals surface area (Å²) in [4.78, 5) is 1.42. The molecule has 0 amide bonds. The molecular formula is C11H18N2S. The summed E-state index contributed by atoms with van der Waals surface area (Å²) in [5.41, 5.74) is 0.245. The van der Waals surface area contributed by atoms with Crippen LogP contribution < -0.4 is 5.32 Å². The van der Waals surface area contributed by atoms with Crippen LogP contribution in [-0.2, 0) is 5.54 Å². The smallest absolute Gasteiger partial charge is 0.0547 e. The molecule has 0 radical (unpaired) electrons. The van der Waals surface area contributed by atoms with Crippen LogP contribution >= 0.6 is 11.5 Å². The van der Waals surface area contributed by atoms with Gasteiger partial charge in [-0.15, -0.1) is 0 Å². The van der Waals surface area contributed by atoms with E-state index in [9.17, 15) is 0 Å². The second-order valence-electron chi connectivity index (χ2n) is 4.59. The van der Waals surface area contributed by atoms with E-state index in [1.807, 2.05) is 6.20 Å². The lowest BCUT2D eigenvalue weighted by atomic mass is 9.86. The molecule has 1 atom stereocenters. The van der Waals surface area contributed by atoms with Crippen LogP contribution in [0.5, 0.6) is 0 Å². The van der Waals surface area contributed by atoms with Gasteiger partial charge in [0.05, 0.1) is 5.54 Å². The average molecular weight is 210 g/mol. The minimum atomic E-state index is 0.245. The van der Waals surface area contributed by atoms with Crippen molar-refractivity contribution in [2.75, 3.05) is 6.54 Å². The van der Waals surface area contributed by atoms with E-state index >= 15 is 0 Å². The Balaban J connectivity index is 2.22. The van der Waals surface area contributed by atoms with Gasteiger partial charge < -0.3 is 5.32 Å². The summed E-state index contributed by atoms with van der Waals surface area (Å²) >= 11 is 1.65. The van der Waals surface area contributed by atoms with Crippen molar-refractivity contribution in [1.82, 2.24) is 9.69 Å². The Bertz CT molecular complexity index is 273. The van der Waals surface area contributed by atoms with Gasteiger partial charge in [-0.1, -0.05) is 13.8 Å². The summed E-state index contributed by atoms with van der Waals surface area (Å²) in [5.74, 6) is 0.739. The quantitative estimate of drug-likeness (QED) is 0.830. The van der Waals surface area contributed by atoms with Crippen molar-refractivity contribution in [3.63, 3.8) is 0 Å². The summed E-state index contributed by atoms with van der Waals surface area (Å²) in [7, 11) is 0. The van der Waals surface area contributed by atoms with Crippen molar-refractivity contribution in [2.45, 2.75) is 38.6 Å². The number of nitrogens with one attached hydrogen (secondary N) is 1. The maximum atomic E-state index is 4.22. The highest BCUT2D eigenvalue weighted by molar-refractivity contribution is 7.05. The van der Waals surface area contributed by atoms with E-state index < -0.39 is 0 Å². The number of hydrogen-bond acceptors (Lipinski definition) is 3. The standard InChI is InChI=1S/C11H18N2S/c1-9(2)8-11(5-3-6-12-11)10-4-7-13-14-10/h4,7,9,12H,3,5-6,8H2,1-2H3. The molecule has 14 heavy (non-hydrogen) atoms. The van der Waals surface area contributed by atoms with Crippen LogP contribution in [0.4, 0.5) is 0 Å². The van der Waals surface area contributed by atoms with E-state index in [-0.39, 0.29) is 5.54 Å². The van der Waals surface area contributed by atoms with E-state index in [1.165, 1.54) is 24.1 Å². The first-order chi connectivity index (χ1) is 6.73. The third-order valence-corrected chi connectivity index (χ3v) is 3.86. The minimum Gasteiger partial charge on any atom is -0.307 e. The lowest BCUT2D eigenvalue weighted by molar-refractivity contribution is 0.317. The monoisotopic (exact) mass is 210 g/mol. The second kappa shape index (κ2) is 3.99. The molecule has 1 aliphatic heterocycles. The Hall–Kier alpha value is -0.410. The summed E-state index contributed by atoms with van der Waals surface area (Å²) < 4.78 is 4.22. The van der Waals surface area contributed by atoms with Gasteiger partial charge in [-0.25, -0.2) is 4.37 Å². The molecule has 1 N–H and O–H groups in total. The molecule has 1 fully saturated rings. The van der Waals surface area contributed by atoms with Gasteiger partial charge >= 0.3 is 0 Å². The third-order valence-electron chi connectivity index (χ3n) is 2.91. The van der Waals surface area contributed by atoms with Crippen LogP contribution in [0.3, 0.4) is 0 Å².